The molecule has 0 aromatic carbocycles. The van der Waals surface area contributed by atoms with Gasteiger partial charge in [0.1, 0.15) is 0 Å². The predicted octanol–water partition coefficient (Wildman–Crippen LogP) is -0.0144. The van der Waals surface area contributed by atoms with Gasteiger partial charge < -0.3 is 4.42 Å². The Morgan fingerprint density at radius 2 is 2.44 bits per heavy atom. The highest BCUT2D eigenvalue weighted by Crippen LogP contribution is 1.74. The molecule has 1 aromatic rings. The first-order valence-corrected chi connectivity index (χ1v) is 2.37. The smallest absolute Gasteiger partial charge is 0.257 e. The fourth-order valence-electron chi connectivity index (χ4n) is 0.435. The Morgan fingerprint density at radius 1 is 1.56 bits per heavy atom. The number of nitrogens with zero attached hydrogens (tertiary/aromatic N) is 1. The Balaban J connectivity index is 2.97. The van der Waals surface area contributed by atoms with Crippen LogP contribution in [0.25, 0.3) is 0 Å². The normalized spacial score (nSPS) is 11.4. The van der Waals surface area contributed by atoms with E-state index in [4.69, 9.17) is 4.42 Å². The topological polar surface area (TPSA) is 60.8 Å². The fourth-order valence-corrected chi connectivity index (χ4v) is 0.435. The largest absolute Gasteiger partial charge is 0.444 e. The van der Waals surface area contributed by atoms with E-state index in [9.17, 15) is 0 Å². The van der Waals surface area contributed by atoms with Crippen LogP contribution in [0.2, 0.25) is 0 Å². The summed E-state index contributed by atoms with van der Waals surface area (Å²) < 4.78 is 4.80. The molecule has 0 atom stereocenters. The predicted molar refractivity (Wildman–Crippen MR) is 29.5 cm³/mol. The molecular formula is C5H6N2O2. The van der Waals surface area contributed by atoms with Gasteiger partial charge in [-0.05, 0) is 11.2 Å². The highest BCUT2D eigenvalue weighted by atomic mass is 16.7. The molecule has 4 heteroatoms. The minimum Gasteiger partial charge on any atom is -0.444 e. The van der Waals surface area contributed by atoms with E-state index in [1.54, 1.807) is 18.2 Å². The van der Waals surface area contributed by atoms with E-state index in [2.05, 4.69) is 16.0 Å². The van der Waals surface area contributed by atoms with Crippen molar-refractivity contribution < 1.29 is 9.36 Å². The van der Waals surface area contributed by atoms with Gasteiger partial charge in [-0.15, -0.1) is 5.90 Å². The average Bonchev–Trinajstić information content (AvgIpc) is 1.91. The molecule has 0 saturated carbocycles. The van der Waals surface area contributed by atoms with Crippen LogP contribution < -0.4 is 11.5 Å². The molecule has 0 radical (unpaired) electrons. The van der Waals surface area contributed by atoms with Gasteiger partial charge in [0, 0.05) is 6.07 Å². The zero-order valence-corrected chi connectivity index (χ0v) is 4.65. The SMILES string of the molecule is NON=c1cccco1. The lowest BCUT2D eigenvalue weighted by Crippen LogP contribution is -2.02. The number of rotatable bonds is 1. The number of hydrogen-bond donors (Lipinski definition) is 1. The molecule has 0 spiro atoms. The van der Waals surface area contributed by atoms with E-state index in [0.29, 0.717) is 5.55 Å². The maximum absolute atomic E-state index is 4.80. The van der Waals surface area contributed by atoms with E-state index >= 15 is 0 Å². The van der Waals surface area contributed by atoms with Crippen LogP contribution in [0.4, 0.5) is 0 Å². The van der Waals surface area contributed by atoms with E-state index in [0.717, 1.165) is 0 Å². The van der Waals surface area contributed by atoms with Crippen molar-refractivity contribution in [1.82, 2.24) is 0 Å². The van der Waals surface area contributed by atoms with Crippen molar-refractivity contribution in [2.45, 2.75) is 0 Å². The molecule has 1 rings (SSSR count). The van der Waals surface area contributed by atoms with Crippen molar-refractivity contribution >= 4 is 0 Å². The second-order valence-corrected chi connectivity index (χ2v) is 1.34. The highest BCUT2D eigenvalue weighted by molar-refractivity contribution is 4.84. The van der Waals surface area contributed by atoms with E-state index in [1.807, 2.05) is 0 Å². The van der Waals surface area contributed by atoms with Crippen molar-refractivity contribution in [3.63, 3.8) is 0 Å². The highest BCUT2D eigenvalue weighted by Gasteiger charge is 1.76. The molecule has 1 heterocycles. The minimum atomic E-state index is 0.347. The molecule has 0 unspecified atom stereocenters. The molecule has 0 amide bonds. The van der Waals surface area contributed by atoms with Gasteiger partial charge in [0.15, 0.2) is 0 Å². The molecular weight excluding hydrogens is 120 g/mol. The Labute approximate surface area is 51.5 Å². The van der Waals surface area contributed by atoms with Crippen LogP contribution in [0.3, 0.4) is 0 Å². The number of nitrogens with two attached hydrogens (primary N) is 1. The second kappa shape index (κ2) is 2.88. The van der Waals surface area contributed by atoms with E-state index < -0.39 is 0 Å². The lowest BCUT2D eigenvalue weighted by Gasteiger charge is -1.82. The second-order valence-electron chi connectivity index (χ2n) is 1.34. The van der Waals surface area contributed by atoms with Crippen LogP contribution in [-0.2, 0) is 4.94 Å². The maximum atomic E-state index is 4.80. The summed E-state index contributed by atoms with van der Waals surface area (Å²) in [5, 5.41) is 3.32. The lowest BCUT2D eigenvalue weighted by molar-refractivity contribution is 0.126. The summed E-state index contributed by atoms with van der Waals surface area (Å²) >= 11 is 0. The first kappa shape index (κ1) is 5.84. The lowest BCUT2D eigenvalue weighted by atomic mass is 10.5. The van der Waals surface area contributed by atoms with Gasteiger partial charge >= 0.3 is 0 Å². The molecule has 1 aromatic heterocycles. The Bertz CT molecular complexity index is 213. The quantitative estimate of drug-likeness (QED) is 0.538. The van der Waals surface area contributed by atoms with Crippen molar-refractivity contribution in [2.24, 2.45) is 11.1 Å². The summed E-state index contributed by atoms with van der Waals surface area (Å²) in [6.07, 6.45) is 1.48. The summed E-state index contributed by atoms with van der Waals surface area (Å²) in [6, 6.07) is 5.13. The van der Waals surface area contributed by atoms with Gasteiger partial charge in [-0.25, -0.2) is 0 Å². The molecule has 48 valence electrons. The third-order valence-corrected chi connectivity index (χ3v) is 0.760. The molecule has 0 saturated heterocycles. The third kappa shape index (κ3) is 1.58. The van der Waals surface area contributed by atoms with Crippen LogP contribution >= 0.6 is 0 Å². The fraction of sp³-hybridized carbons (Fsp3) is 0. The van der Waals surface area contributed by atoms with Crippen LogP contribution in [0.15, 0.2) is 34.0 Å². The summed E-state index contributed by atoms with van der Waals surface area (Å²) in [6.45, 7) is 0. The van der Waals surface area contributed by atoms with Crippen LogP contribution in [-0.4, -0.2) is 0 Å². The number of hydrogen-bond acceptors (Lipinski definition) is 4. The Kier molecular flexibility index (Phi) is 1.87. The average molecular weight is 126 g/mol. The van der Waals surface area contributed by atoms with Crippen LogP contribution in [0.1, 0.15) is 0 Å². The van der Waals surface area contributed by atoms with Gasteiger partial charge in [0.2, 0.25) is 0 Å². The molecule has 2 N–H and O–H groups in total. The summed E-state index contributed by atoms with van der Waals surface area (Å²) in [5.41, 5.74) is 0.347. The minimum absolute atomic E-state index is 0.347. The van der Waals surface area contributed by atoms with E-state index in [1.165, 1.54) is 6.26 Å². The Morgan fingerprint density at radius 3 is 3.00 bits per heavy atom. The molecule has 0 bridgehead atoms. The first-order chi connectivity index (χ1) is 4.43. The van der Waals surface area contributed by atoms with Gasteiger partial charge in [0.25, 0.3) is 5.55 Å². The zero-order valence-electron chi connectivity index (χ0n) is 4.65. The maximum Gasteiger partial charge on any atom is 0.257 e. The van der Waals surface area contributed by atoms with Crippen molar-refractivity contribution in [3.8, 4) is 0 Å². The van der Waals surface area contributed by atoms with Crippen LogP contribution in [0, 0.1) is 0 Å². The molecule has 0 fully saturated rings. The molecule has 0 aliphatic heterocycles. The summed E-state index contributed by atoms with van der Waals surface area (Å²) in [5.74, 6) is 4.63. The van der Waals surface area contributed by atoms with Crippen molar-refractivity contribution in [2.75, 3.05) is 0 Å². The zero-order chi connectivity index (χ0) is 6.53. The first-order valence-electron chi connectivity index (χ1n) is 2.37. The van der Waals surface area contributed by atoms with Gasteiger partial charge in [-0.2, -0.15) is 0 Å². The molecule has 0 aliphatic rings. The van der Waals surface area contributed by atoms with Gasteiger partial charge in [0.05, 0.1) is 6.26 Å². The Hall–Kier alpha value is -1.29. The standard InChI is InChI=1S/C5H6N2O2/c6-9-7-5-3-1-2-4-8-5/h1-4H,6H2. The molecule has 4 nitrogen and oxygen atoms in total. The third-order valence-electron chi connectivity index (χ3n) is 0.760. The van der Waals surface area contributed by atoms with Gasteiger partial charge in [-0.1, -0.05) is 6.07 Å². The summed E-state index contributed by atoms with van der Waals surface area (Å²) in [4.78, 5) is 3.96. The van der Waals surface area contributed by atoms with Crippen molar-refractivity contribution in [1.29, 1.82) is 0 Å². The molecule has 9 heavy (non-hydrogen) atoms. The monoisotopic (exact) mass is 126 g/mol. The van der Waals surface area contributed by atoms with Crippen molar-refractivity contribution in [3.05, 3.63) is 30.0 Å². The van der Waals surface area contributed by atoms with Crippen LogP contribution in [0.5, 0.6) is 0 Å². The molecule has 0 aliphatic carbocycles. The summed E-state index contributed by atoms with van der Waals surface area (Å²) in [7, 11) is 0. The van der Waals surface area contributed by atoms with Gasteiger partial charge in [-0.3, -0.25) is 4.94 Å². The van der Waals surface area contributed by atoms with E-state index in [-0.39, 0.29) is 0 Å².